The number of rotatable bonds is 1. The predicted octanol–water partition coefficient (Wildman–Crippen LogP) is 1.82. The molecule has 1 unspecified atom stereocenters. The molecule has 0 aliphatic heterocycles. The van der Waals surface area contributed by atoms with Gasteiger partial charge in [-0.3, -0.25) is 0 Å². The fourth-order valence-corrected chi connectivity index (χ4v) is 0. The Labute approximate surface area is 45.6 Å². The highest BCUT2D eigenvalue weighted by atomic mass is 79.9. The van der Waals surface area contributed by atoms with Crippen molar-refractivity contribution < 1.29 is 0 Å². The van der Waals surface area contributed by atoms with Crippen molar-refractivity contribution >= 4 is 27.5 Å². The molecule has 0 bridgehead atoms. The second-order valence-electron chi connectivity index (χ2n) is 0.752. The monoisotopic (exact) mass is 155 g/mol. The smallest absolute Gasteiger partial charge is 0.0433 e. The van der Waals surface area contributed by atoms with Crippen molar-refractivity contribution in [3.05, 3.63) is 6.92 Å². The number of halogens is 2. The fraction of sp³-hybridized carbons (Fsp3) is 0.667. The zero-order valence-corrected chi connectivity index (χ0v) is 5.09. The lowest BCUT2D eigenvalue weighted by atomic mass is 10.6. The summed E-state index contributed by atoms with van der Waals surface area (Å²) >= 11 is 8.42. The minimum atomic E-state index is 0.0231. The molecule has 0 heterocycles. The molecule has 1 atom stereocenters. The van der Waals surface area contributed by atoms with Gasteiger partial charge >= 0.3 is 0 Å². The average molecular weight is 156 g/mol. The number of hydrogen-bond donors (Lipinski definition) is 0. The van der Waals surface area contributed by atoms with E-state index in [0.29, 0.717) is 0 Å². The van der Waals surface area contributed by atoms with Crippen LogP contribution in [-0.2, 0) is 0 Å². The summed E-state index contributed by atoms with van der Waals surface area (Å²) < 4.78 is 0. The maximum Gasteiger partial charge on any atom is 0.0433 e. The molecule has 0 amide bonds. The van der Waals surface area contributed by atoms with Crippen molar-refractivity contribution in [1.29, 1.82) is 0 Å². The van der Waals surface area contributed by atoms with Crippen LogP contribution in [-0.4, -0.2) is 10.7 Å². The SMILES string of the molecule is [CH2]C(Cl)CBr. The van der Waals surface area contributed by atoms with Crippen LogP contribution in [0.25, 0.3) is 0 Å². The van der Waals surface area contributed by atoms with Gasteiger partial charge in [0, 0.05) is 10.7 Å². The Morgan fingerprint density at radius 2 is 2.20 bits per heavy atom. The zero-order valence-electron chi connectivity index (χ0n) is 2.75. The molecule has 1 radical (unpaired) electrons. The maximum absolute atomic E-state index is 5.30. The second-order valence-corrected chi connectivity index (χ2v) is 2.02. The van der Waals surface area contributed by atoms with Crippen LogP contribution in [0.4, 0.5) is 0 Å². The summed E-state index contributed by atoms with van der Waals surface area (Å²) in [6.45, 7) is 3.48. The van der Waals surface area contributed by atoms with Crippen molar-refractivity contribution in [2.24, 2.45) is 0 Å². The van der Waals surface area contributed by atoms with Crippen molar-refractivity contribution in [3.63, 3.8) is 0 Å². The van der Waals surface area contributed by atoms with Crippen molar-refractivity contribution in [1.82, 2.24) is 0 Å². The highest BCUT2D eigenvalue weighted by Gasteiger charge is 1.85. The van der Waals surface area contributed by atoms with E-state index in [0.717, 1.165) is 5.33 Å². The van der Waals surface area contributed by atoms with Crippen LogP contribution >= 0.6 is 27.5 Å². The van der Waals surface area contributed by atoms with Crippen LogP contribution in [0.5, 0.6) is 0 Å². The molecular formula is C3H5BrCl. The molecule has 0 aliphatic carbocycles. The van der Waals surface area contributed by atoms with Gasteiger partial charge in [-0.1, -0.05) is 15.9 Å². The third-order valence-electron chi connectivity index (χ3n) is 0.167. The first-order valence-electron chi connectivity index (χ1n) is 1.30. The Hall–Kier alpha value is 0.770. The molecule has 5 heavy (non-hydrogen) atoms. The Bertz CT molecular complexity index is 20.9. The van der Waals surface area contributed by atoms with Crippen molar-refractivity contribution in [2.45, 2.75) is 5.38 Å². The van der Waals surface area contributed by atoms with Gasteiger partial charge in [0.2, 0.25) is 0 Å². The summed E-state index contributed by atoms with van der Waals surface area (Å²) in [5, 5.41) is 0.796. The molecule has 2 heteroatoms. The lowest BCUT2D eigenvalue weighted by Crippen LogP contribution is -1.87. The highest BCUT2D eigenvalue weighted by molar-refractivity contribution is 9.09. The lowest BCUT2D eigenvalue weighted by molar-refractivity contribution is 1.27. The van der Waals surface area contributed by atoms with Crippen LogP contribution in [0, 0.1) is 6.92 Å². The van der Waals surface area contributed by atoms with E-state index in [2.05, 4.69) is 22.9 Å². The van der Waals surface area contributed by atoms with E-state index >= 15 is 0 Å². The third kappa shape index (κ3) is 4.77. The van der Waals surface area contributed by atoms with Gasteiger partial charge in [-0.25, -0.2) is 0 Å². The normalized spacial score (nSPS) is 15.0. The van der Waals surface area contributed by atoms with Gasteiger partial charge in [-0.15, -0.1) is 11.6 Å². The van der Waals surface area contributed by atoms with Crippen LogP contribution in [0.3, 0.4) is 0 Å². The molecule has 0 N–H and O–H groups in total. The summed E-state index contributed by atoms with van der Waals surface area (Å²) in [6, 6.07) is 0. The van der Waals surface area contributed by atoms with Gasteiger partial charge in [0.1, 0.15) is 0 Å². The van der Waals surface area contributed by atoms with E-state index in [9.17, 15) is 0 Å². The topological polar surface area (TPSA) is 0 Å². The van der Waals surface area contributed by atoms with Crippen LogP contribution < -0.4 is 0 Å². The molecular weight excluding hydrogens is 151 g/mol. The molecule has 0 nitrogen and oxygen atoms in total. The molecule has 0 aromatic heterocycles. The van der Waals surface area contributed by atoms with E-state index < -0.39 is 0 Å². The summed E-state index contributed by atoms with van der Waals surface area (Å²) in [4.78, 5) is 0. The molecule has 0 fully saturated rings. The van der Waals surface area contributed by atoms with Crippen molar-refractivity contribution in [3.8, 4) is 0 Å². The summed E-state index contributed by atoms with van der Waals surface area (Å²) in [5.41, 5.74) is 0. The highest BCUT2D eigenvalue weighted by Crippen LogP contribution is 1.94. The summed E-state index contributed by atoms with van der Waals surface area (Å²) in [6.07, 6.45) is 0. The van der Waals surface area contributed by atoms with Gasteiger partial charge in [0.25, 0.3) is 0 Å². The number of hydrogen-bond acceptors (Lipinski definition) is 0. The van der Waals surface area contributed by atoms with Gasteiger partial charge in [0.15, 0.2) is 0 Å². The van der Waals surface area contributed by atoms with E-state index in [1.807, 2.05) is 0 Å². The van der Waals surface area contributed by atoms with Crippen LogP contribution in [0.1, 0.15) is 0 Å². The third-order valence-corrected chi connectivity index (χ3v) is 1.48. The Balaban J connectivity index is 2.54. The van der Waals surface area contributed by atoms with E-state index in [4.69, 9.17) is 11.6 Å². The maximum atomic E-state index is 5.30. The largest absolute Gasteiger partial charge is 0.122 e. The van der Waals surface area contributed by atoms with E-state index in [1.165, 1.54) is 0 Å². The fourth-order valence-electron chi connectivity index (χ4n) is 0. The standard InChI is InChI=1S/C3H5BrCl/c1-3(5)2-4/h3H,1-2H2. The van der Waals surface area contributed by atoms with Gasteiger partial charge < -0.3 is 0 Å². The second kappa shape index (κ2) is 2.98. The summed E-state index contributed by atoms with van der Waals surface area (Å²) in [7, 11) is 0. The van der Waals surface area contributed by atoms with E-state index in [1.54, 1.807) is 0 Å². The van der Waals surface area contributed by atoms with Gasteiger partial charge in [-0.05, 0) is 6.92 Å². The minimum Gasteiger partial charge on any atom is -0.122 e. The molecule has 0 aliphatic rings. The predicted molar refractivity (Wildman–Crippen MR) is 28.8 cm³/mol. The molecule has 31 valence electrons. The molecule has 0 aromatic rings. The first kappa shape index (κ1) is 5.77. The van der Waals surface area contributed by atoms with E-state index in [-0.39, 0.29) is 5.38 Å². The van der Waals surface area contributed by atoms with Gasteiger partial charge in [0.05, 0.1) is 0 Å². The Morgan fingerprint density at radius 3 is 2.20 bits per heavy atom. The quantitative estimate of drug-likeness (QED) is 0.508. The lowest BCUT2D eigenvalue weighted by Gasteiger charge is -1.85. The molecule has 0 aromatic carbocycles. The molecule has 0 saturated carbocycles. The number of alkyl halides is 2. The molecule has 0 saturated heterocycles. The summed E-state index contributed by atoms with van der Waals surface area (Å²) in [5.74, 6) is 0. The Morgan fingerprint density at radius 1 is 2.00 bits per heavy atom. The first-order chi connectivity index (χ1) is 2.27. The molecule has 0 spiro atoms. The minimum absolute atomic E-state index is 0.0231. The zero-order chi connectivity index (χ0) is 4.28. The first-order valence-corrected chi connectivity index (χ1v) is 2.86. The van der Waals surface area contributed by atoms with Crippen LogP contribution in [0.2, 0.25) is 0 Å². The van der Waals surface area contributed by atoms with Gasteiger partial charge in [-0.2, -0.15) is 0 Å². The Kier molecular flexibility index (Phi) is 3.44. The van der Waals surface area contributed by atoms with Crippen molar-refractivity contribution in [2.75, 3.05) is 5.33 Å². The average Bonchev–Trinajstić information content (AvgIpc) is 1.38. The van der Waals surface area contributed by atoms with Crippen LogP contribution in [0.15, 0.2) is 0 Å². The molecule has 0 rings (SSSR count).